The first-order valence-corrected chi connectivity index (χ1v) is 10.4. The molecule has 3 rings (SSSR count). The second kappa shape index (κ2) is 9.36. The molecule has 2 amide bonds. The second-order valence-electron chi connectivity index (χ2n) is 8.21. The normalized spacial score (nSPS) is 14.4. The molecule has 1 aromatic carbocycles. The van der Waals surface area contributed by atoms with Gasteiger partial charge in [-0.25, -0.2) is 0 Å². The molecule has 7 nitrogen and oxygen atoms in total. The highest BCUT2D eigenvalue weighted by molar-refractivity contribution is 5.92. The van der Waals surface area contributed by atoms with E-state index in [9.17, 15) is 9.59 Å². The van der Waals surface area contributed by atoms with Crippen LogP contribution in [0.3, 0.4) is 0 Å². The monoisotopic (exact) mass is 409 g/mol. The van der Waals surface area contributed by atoms with Crippen LogP contribution in [0, 0.1) is 12.8 Å². The first-order chi connectivity index (χ1) is 14.3. The highest BCUT2D eigenvalue weighted by Crippen LogP contribution is 2.33. The van der Waals surface area contributed by atoms with Crippen molar-refractivity contribution in [3.8, 4) is 11.1 Å². The number of nitrogens with two attached hydrogens (primary N) is 2. The number of pyridine rings is 1. The van der Waals surface area contributed by atoms with E-state index in [1.807, 2.05) is 31.2 Å². The molecular weight excluding hydrogens is 378 g/mol. The number of carbonyl (C=O) groups is 2. The molecule has 1 fully saturated rings. The van der Waals surface area contributed by atoms with Gasteiger partial charge >= 0.3 is 0 Å². The van der Waals surface area contributed by atoms with E-state index in [-0.39, 0.29) is 24.9 Å². The fraction of sp³-hybridized carbons (Fsp3) is 0.435. The van der Waals surface area contributed by atoms with Gasteiger partial charge in [0.05, 0.1) is 13.1 Å². The molecule has 2 heterocycles. The number of nitrogens with zero attached hydrogens (tertiary/aromatic N) is 2. The fourth-order valence-corrected chi connectivity index (χ4v) is 3.91. The van der Waals surface area contributed by atoms with E-state index in [4.69, 9.17) is 16.5 Å². The van der Waals surface area contributed by atoms with Gasteiger partial charge in [0.1, 0.15) is 0 Å². The Kier molecular flexibility index (Phi) is 6.84. The van der Waals surface area contributed by atoms with Gasteiger partial charge in [-0.15, -0.1) is 0 Å². The molecule has 1 saturated heterocycles. The molecule has 2 aromatic rings. The van der Waals surface area contributed by atoms with Gasteiger partial charge in [-0.05, 0) is 41.5 Å². The van der Waals surface area contributed by atoms with E-state index in [0.717, 1.165) is 45.6 Å². The summed E-state index contributed by atoms with van der Waals surface area (Å²) in [5.74, 6) is 0.191. The van der Waals surface area contributed by atoms with Gasteiger partial charge in [0, 0.05) is 36.6 Å². The number of piperazine rings is 1. The Morgan fingerprint density at radius 1 is 1.10 bits per heavy atom. The third-order valence-corrected chi connectivity index (χ3v) is 5.45. The highest BCUT2D eigenvalue weighted by atomic mass is 16.2. The van der Waals surface area contributed by atoms with Gasteiger partial charge in [-0.3, -0.25) is 14.6 Å². The molecule has 0 spiro atoms. The van der Waals surface area contributed by atoms with E-state index in [1.165, 1.54) is 0 Å². The zero-order valence-electron chi connectivity index (χ0n) is 18.0. The third kappa shape index (κ3) is 4.68. The molecule has 160 valence electrons. The minimum absolute atomic E-state index is 0.0288. The molecule has 0 saturated carbocycles. The first-order valence-electron chi connectivity index (χ1n) is 10.4. The summed E-state index contributed by atoms with van der Waals surface area (Å²) >= 11 is 0. The number of aryl methyl sites for hydroxylation is 1. The zero-order valence-corrected chi connectivity index (χ0v) is 18.0. The van der Waals surface area contributed by atoms with Crippen LogP contribution < -0.4 is 16.8 Å². The fourth-order valence-electron chi connectivity index (χ4n) is 3.91. The lowest BCUT2D eigenvalue weighted by Crippen LogP contribution is -2.51. The van der Waals surface area contributed by atoms with Crippen LogP contribution in [0.15, 0.2) is 24.3 Å². The molecule has 1 aromatic heterocycles. The highest BCUT2D eigenvalue weighted by Gasteiger charge is 2.26. The molecule has 0 unspecified atom stereocenters. The maximum Gasteiger partial charge on any atom is 0.242 e. The van der Waals surface area contributed by atoms with Crippen LogP contribution in [0.25, 0.3) is 11.1 Å². The van der Waals surface area contributed by atoms with Crippen molar-refractivity contribution >= 4 is 11.8 Å². The predicted octanol–water partition coefficient (Wildman–Crippen LogP) is 1.63. The van der Waals surface area contributed by atoms with Crippen LogP contribution in [-0.2, 0) is 35.6 Å². The van der Waals surface area contributed by atoms with Crippen molar-refractivity contribution < 1.29 is 9.59 Å². The Hall–Kier alpha value is -2.77. The molecule has 7 heteroatoms. The molecular formula is C23H31N5O2. The van der Waals surface area contributed by atoms with E-state index in [1.54, 1.807) is 4.90 Å². The smallest absolute Gasteiger partial charge is 0.242 e. The van der Waals surface area contributed by atoms with Gasteiger partial charge in [0.15, 0.2) is 0 Å². The molecule has 0 atom stereocenters. The van der Waals surface area contributed by atoms with Crippen molar-refractivity contribution in [1.82, 2.24) is 15.2 Å². The summed E-state index contributed by atoms with van der Waals surface area (Å²) in [5, 5.41) is 2.60. The number of rotatable bonds is 7. The van der Waals surface area contributed by atoms with Crippen LogP contribution in [0.4, 0.5) is 0 Å². The molecule has 0 radical (unpaired) electrons. The van der Waals surface area contributed by atoms with Gasteiger partial charge in [-0.2, -0.15) is 0 Å². The number of carbonyl (C=O) groups excluding carboxylic acids is 2. The summed E-state index contributed by atoms with van der Waals surface area (Å²) in [6.45, 7) is 7.52. The van der Waals surface area contributed by atoms with Gasteiger partial charge < -0.3 is 21.7 Å². The minimum Gasteiger partial charge on any atom is -0.345 e. The number of hydrogen-bond acceptors (Lipinski definition) is 5. The van der Waals surface area contributed by atoms with Crippen molar-refractivity contribution in [2.75, 3.05) is 13.1 Å². The average molecular weight is 410 g/mol. The quantitative estimate of drug-likeness (QED) is 0.643. The summed E-state index contributed by atoms with van der Waals surface area (Å²) in [6.07, 6.45) is 0.826. The molecule has 5 N–H and O–H groups in total. The molecule has 30 heavy (non-hydrogen) atoms. The first kappa shape index (κ1) is 21.9. The maximum atomic E-state index is 12.4. The Morgan fingerprint density at radius 3 is 2.40 bits per heavy atom. The average Bonchev–Trinajstić information content (AvgIpc) is 2.72. The lowest BCUT2D eigenvalue weighted by molar-refractivity contribution is -0.141. The number of nitrogens with one attached hydrogen (secondary N) is 1. The molecule has 0 bridgehead atoms. The topological polar surface area (TPSA) is 114 Å². The number of amides is 2. The van der Waals surface area contributed by atoms with Crippen molar-refractivity contribution in [3.05, 3.63) is 52.3 Å². The third-order valence-electron chi connectivity index (χ3n) is 5.45. The maximum absolute atomic E-state index is 12.4. The second-order valence-corrected chi connectivity index (χ2v) is 8.21. The number of hydrogen-bond donors (Lipinski definition) is 3. The summed E-state index contributed by atoms with van der Waals surface area (Å²) < 4.78 is 0. The number of benzene rings is 1. The predicted molar refractivity (Wildman–Crippen MR) is 117 cm³/mol. The standard InChI is InChI=1S/C23H31N5O2/c1-14(2)8-20-18(10-25)23(17-6-4-16(9-24)5-7-17)19(15(3)27-20)12-28-13-21(29)26-11-22(28)30/h4-7,14H,8-13,24-25H2,1-3H3,(H,26,29). The van der Waals surface area contributed by atoms with E-state index in [2.05, 4.69) is 19.2 Å². The lowest BCUT2D eigenvalue weighted by atomic mass is 9.89. The summed E-state index contributed by atoms with van der Waals surface area (Å²) in [6, 6.07) is 8.11. The van der Waals surface area contributed by atoms with Gasteiger partial charge in [0.2, 0.25) is 11.8 Å². The Bertz CT molecular complexity index is 938. The Labute approximate surface area is 177 Å². The number of aromatic nitrogens is 1. The largest absolute Gasteiger partial charge is 0.345 e. The van der Waals surface area contributed by atoms with Crippen LogP contribution in [0.5, 0.6) is 0 Å². The summed E-state index contributed by atoms with van der Waals surface area (Å²) in [7, 11) is 0. The zero-order chi connectivity index (χ0) is 21.8. The van der Waals surface area contributed by atoms with Crippen LogP contribution in [0.1, 0.15) is 41.9 Å². The minimum atomic E-state index is -0.149. The van der Waals surface area contributed by atoms with Crippen molar-refractivity contribution in [2.24, 2.45) is 17.4 Å². The van der Waals surface area contributed by atoms with E-state index >= 15 is 0 Å². The van der Waals surface area contributed by atoms with Crippen molar-refractivity contribution in [3.63, 3.8) is 0 Å². The summed E-state index contributed by atoms with van der Waals surface area (Å²) in [5.41, 5.74) is 18.9. The molecule has 1 aliphatic rings. The molecule has 0 aliphatic carbocycles. The van der Waals surface area contributed by atoms with Gasteiger partial charge in [-0.1, -0.05) is 38.1 Å². The SMILES string of the molecule is Cc1nc(CC(C)C)c(CN)c(-c2ccc(CN)cc2)c1CN1CC(=O)NCC1=O. The van der Waals surface area contributed by atoms with Crippen molar-refractivity contribution in [1.29, 1.82) is 0 Å². The Morgan fingerprint density at radius 2 is 1.80 bits per heavy atom. The van der Waals surface area contributed by atoms with Crippen LogP contribution in [0.2, 0.25) is 0 Å². The summed E-state index contributed by atoms with van der Waals surface area (Å²) in [4.78, 5) is 30.7. The van der Waals surface area contributed by atoms with Crippen molar-refractivity contribution in [2.45, 2.75) is 46.8 Å². The Balaban J connectivity index is 2.16. The van der Waals surface area contributed by atoms with E-state index < -0.39 is 0 Å². The van der Waals surface area contributed by atoms with Gasteiger partial charge in [0.25, 0.3) is 0 Å². The lowest BCUT2D eigenvalue weighted by Gasteiger charge is -2.29. The van der Waals surface area contributed by atoms with Crippen LogP contribution >= 0.6 is 0 Å². The van der Waals surface area contributed by atoms with Crippen LogP contribution in [-0.4, -0.2) is 34.8 Å². The molecule has 1 aliphatic heterocycles. The van der Waals surface area contributed by atoms with E-state index in [0.29, 0.717) is 25.6 Å².